The predicted octanol–water partition coefficient (Wildman–Crippen LogP) is 3.17. The van der Waals surface area contributed by atoms with Gasteiger partial charge in [-0.3, -0.25) is 9.59 Å². The van der Waals surface area contributed by atoms with Gasteiger partial charge >= 0.3 is 0 Å². The quantitative estimate of drug-likeness (QED) is 0.692. The molecule has 0 radical (unpaired) electrons. The van der Waals surface area contributed by atoms with E-state index in [1.54, 1.807) is 9.58 Å². The first-order valence-corrected chi connectivity index (χ1v) is 9.89. The molecule has 29 heavy (non-hydrogen) atoms. The molecular formula is C23H24N4O2. The SMILES string of the molecule is Cc1cc(C(=O)N2CCCN(C(=O)c3ccccc3)CC2)nn1-c1ccccc1. The maximum Gasteiger partial charge on any atom is 0.274 e. The lowest BCUT2D eigenvalue weighted by Gasteiger charge is -2.21. The van der Waals surface area contributed by atoms with E-state index in [4.69, 9.17) is 0 Å². The second kappa shape index (κ2) is 8.31. The molecule has 0 aliphatic carbocycles. The van der Waals surface area contributed by atoms with Gasteiger partial charge in [-0.25, -0.2) is 4.68 Å². The van der Waals surface area contributed by atoms with Gasteiger partial charge in [-0.2, -0.15) is 5.10 Å². The van der Waals surface area contributed by atoms with Crippen molar-refractivity contribution in [2.75, 3.05) is 26.2 Å². The predicted molar refractivity (Wildman–Crippen MR) is 111 cm³/mol. The molecule has 0 unspecified atom stereocenters. The molecule has 0 bridgehead atoms. The lowest BCUT2D eigenvalue weighted by molar-refractivity contribution is 0.0715. The van der Waals surface area contributed by atoms with Crippen molar-refractivity contribution in [3.8, 4) is 5.69 Å². The van der Waals surface area contributed by atoms with Gasteiger partial charge in [0, 0.05) is 37.4 Å². The van der Waals surface area contributed by atoms with E-state index in [0.717, 1.165) is 17.8 Å². The van der Waals surface area contributed by atoms with Gasteiger partial charge in [-0.1, -0.05) is 36.4 Å². The first-order chi connectivity index (χ1) is 14.1. The highest BCUT2D eigenvalue weighted by molar-refractivity contribution is 5.94. The number of benzene rings is 2. The lowest BCUT2D eigenvalue weighted by atomic mass is 10.2. The van der Waals surface area contributed by atoms with Crippen molar-refractivity contribution in [3.63, 3.8) is 0 Å². The van der Waals surface area contributed by atoms with Gasteiger partial charge in [0.1, 0.15) is 0 Å². The number of carbonyl (C=O) groups is 2. The number of amides is 2. The van der Waals surface area contributed by atoms with E-state index in [2.05, 4.69) is 5.10 Å². The van der Waals surface area contributed by atoms with E-state index in [1.165, 1.54) is 0 Å². The monoisotopic (exact) mass is 388 g/mol. The van der Waals surface area contributed by atoms with E-state index in [-0.39, 0.29) is 11.8 Å². The number of nitrogens with zero attached hydrogens (tertiary/aromatic N) is 4. The second-order valence-corrected chi connectivity index (χ2v) is 7.22. The average molecular weight is 388 g/mol. The summed E-state index contributed by atoms with van der Waals surface area (Å²) >= 11 is 0. The molecule has 3 aromatic rings. The standard InChI is InChI=1S/C23H24N4O2/c1-18-17-21(24-27(18)20-11-6-3-7-12-20)23(29)26-14-8-13-25(15-16-26)22(28)19-9-4-2-5-10-19/h2-7,9-12,17H,8,13-16H2,1H3. The van der Waals surface area contributed by atoms with Crippen LogP contribution in [0.4, 0.5) is 0 Å². The number of carbonyl (C=O) groups excluding carboxylic acids is 2. The Labute approximate surface area is 170 Å². The molecule has 1 fully saturated rings. The van der Waals surface area contributed by atoms with E-state index in [1.807, 2.05) is 78.6 Å². The fourth-order valence-electron chi connectivity index (χ4n) is 3.66. The summed E-state index contributed by atoms with van der Waals surface area (Å²) in [6, 6.07) is 20.9. The van der Waals surface area contributed by atoms with Crippen LogP contribution in [0.15, 0.2) is 66.7 Å². The highest BCUT2D eigenvalue weighted by atomic mass is 16.2. The molecule has 0 spiro atoms. The Balaban J connectivity index is 1.46. The lowest BCUT2D eigenvalue weighted by Crippen LogP contribution is -2.37. The van der Waals surface area contributed by atoms with Crippen LogP contribution in [0.25, 0.3) is 5.69 Å². The highest BCUT2D eigenvalue weighted by Gasteiger charge is 2.25. The summed E-state index contributed by atoms with van der Waals surface area (Å²) in [4.78, 5) is 29.4. The zero-order valence-corrected chi connectivity index (χ0v) is 16.5. The summed E-state index contributed by atoms with van der Waals surface area (Å²) in [6.45, 7) is 4.25. The molecule has 2 aromatic carbocycles. The Morgan fingerprint density at radius 3 is 2.03 bits per heavy atom. The van der Waals surface area contributed by atoms with Crippen LogP contribution in [0, 0.1) is 6.92 Å². The summed E-state index contributed by atoms with van der Waals surface area (Å²) in [5.41, 5.74) is 2.97. The van der Waals surface area contributed by atoms with Gasteiger partial charge in [0.15, 0.2) is 5.69 Å². The Morgan fingerprint density at radius 2 is 1.38 bits per heavy atom. The summed E-state index contributed by atoms with van der Waals surface area (Å²) in [6.07, 6.45) is 0.753. The van der Waals surface area contributed by atoms with E-state index >= 15 is 0 Å². The van der Waals surface area contributed by atoms with Crippen LogP contribution in [0.5, 0.6) is 0 Å². The molecule has 2 heterocycles. The van der Waals surface area contributed by atoms with Crippen molar-refractivity contribution in [2.45, 2.75) is 13.3 Å². The molecule has 148 valence electrons. The number of rotatable bonds is 3. The smallest absolute Gasteiger partial charge is 0.274 e. The van der Waals surface area contributed by atoms with Crippen molar-refractivity contribution in [1.29, 1.82) is 0 Å². The molecular weight excluding hydrogens is 364 g/mol. The van der Waals surface area contributed by atoms with Crippen molar-refractivity contribution in [2.24, 2.45) is 0 Å². The number of hydrogen-bond acceptors (Lipinski definition) is 3. The fourth-order valence-corrected chi connectivity index (χ4v) is 3.66. The largest absolute Gasteiger partial charge is 0.337 e. The van der Waals surface area contributed by atoms with E-state index < -0.39 is 0 Å². The van der Waals surface area contributed by atoms with Crippen LogP contribution in [-0.4, -0.2) is 57.6 Å². The maximum atomic E-state index is 13.0. The third-order valence-corrected chi connectivity index (χ3v) is 5.20. The first-order valence-electron chi connectivity index (χ1n) is 9.89. The molecule has 1 aliphatic heterocycles. The van der Waals surface area contributed by atoms with Crippen LogP contribution in [0.3, 0.4) is 0 Å². The zero-order chi connectivity index (χ0) is 20.2. The van der Waals surface area contributed by atoms with Crippen molar-refractivity contribution < 1.29 is 9.59 Å². The van der Waals surface area contributed by atoms with E-state index in [0.29, 0.717) is 37.4 Å². The minimum absolute atomic E-state index is 0.0177. The van der Waals surface area contributed by atoms with Crippen molar-refractivity contribution in [1.82, 2.24) is 19.6 Å². The molecule has 6 nitrogen and oxygen atoms in total. The summed E-state index contributed by atoms with van der Waals surface area (Å²) in [5.74, 6) is -0.0686. The Kier molecular flexibility index (Phi) is 5.42. The average Bonchev–Trinajstić information content (AvgIpc) is 2.99. The fraction of sp³-hybridized carbons (Fsp3) is 0.261. The van der Waals surface area contributed by atoms with Crippen LogP contribution in [0.1, 0.15) is 33.0 Å². The Hall–Kier alpha value is -3.41. The normalized spacial score (nSPS) is 14.5. The van der Waals surface area contributed by atoms with Crippen LogP contribution in [0.2, 0.25) is 0 Å². The third-order valence-electron chi connectivity index (χ3n) is 5.20. The molecule has 0 atom stereocenters. The molecule has 4 rings (SSSR count). The molecule has 6 heteroatoms. The van der Waals surface area contributed by atoms with E-state index in [9.17, 15) is 9.59 Å². The number of hydrogen-bond donors (Lipinski definition) is 0. The molecule has 0 N–H and O–H groups in total. The molecule has 0 saturated carbocycles. The van der Waals surface area contributed by atoms with Crippen molar-refractivity contribution >= 4 is 11.8 Å². The van der Waals surface area contributed by atoms with Crippen LogP contribution < -0.4 is 0 Å². The van der Waals surface area contributed by atoms with Crippen LogP contribution in [-0.2, 0) is 0 Å². The molecule has 1 saturated heterocycles. The first kappa shape index (κ1) is 18.9. The Morgan fingerprint density at radius 1 is 0.793 bits per heavy atom. The van der Waals surface area contributed by atoms with Gasteiger partial charge < -0.3 is 9.80 Å². The van der Waals surface area contributed by atoms with Gasteiger partial charge in [-0.15, -0.1) is 0 Å². The third kappa shape index (κ3) is 4.06. The minimum Gasteiger partial charge on any atom is -0.337 e. The van der Waals surface area contributed by atoms with Gasteiger partial charge in [0.05, 0.1) is 5.69 Å². The minimum atomic E-state index is -0.0863. The number of aromatic nitrogens is 2. The van der Waals surface area contributed by atoms with Gasteiger partial charge in [-0.05, 0) is 43.7 Å². The van der Waals surface area contributed by atoms with Crippen LogP contribution >= 0.6 is 0 Å². The molecule has 2 amide bonds. The summed E-state index contributed by atoms with van der Waals surface area (Å²) < 4.78 is 1.79. The maximum absolute atomic E-state index is 13.0. The topological polar surface area (TPSA) is 58.4 Å². The van der Waals surface area contributed by atoms with Gasteiger partial charge in [0.2, 0.25) is 0 Å². The second-order valence-electron chi connectivity index (χ2n) is 7.22. The molecule has 1 aliphatic rings. The molecule has 1 aromatic heterocycles. The highest BCUT2D eigenvalue weighted by Crippen LogP contribution is 2.15. The summed E-state index contributed by atoms with van der Waals surface area (Å²) in [5, 5.41) is 4.53. The number of aryl methyl sites for hydroxylation is 1. The zero-order valence-electron chi connectivity index (χ0n) is 16.5. The number of para-hydroxylation sites is 1. The summed E-state index contributed by atoms with van der Waals surface area (Å²) in [7, 11) is 0. The van der Waals surface area contributed by atoms with Crippen molar-refractivity contribution in [3.05, 3.63) is 83.7 Å². The van der Waals surface area contributed by atoms with Gasteiger partial charge in [0.25, 0.3) is 11.8 Å². The Bertz CT molecular complexity index is 998.